The van der Waals surface area contributed by atoms with Gasteiger partial charge in [0, 0.05) is 12.2 Å². The molecule has 0 atom stereocenters. The summed E-state index contributed by atoms with van der Waals surface area (Å²) < 4.78 is 5.01. The van der Waals surface area contributed by atoms with E-state index < -0.39 is 5.76 Å². The summed E-state index contributed by atoms with van der Waals surface area (Å²) in [6.45, 7) is 0.792. The Morgan fingerprint density at radius 1 is 1.19 bits per heavy atom. The summed E-state index contributed by atoms with van der Waals surface area (Å²) in [5.41, 5.74) is 5.10. The van der Waals surface area contributed by atoms with Crippen LogP contribution in [0.25, 0.3) is 11.1 Å². The molecule has 4 heteroatoms. The van der Waals surface area contributed by atoms with Gasteiger partial charge in [-0.1, -0.05) is 24.3 Å². The molecule has 0 unspecified atom stereocenters. The predicted molar refractivity (Wildman–Crippen MR) is 82.6 cm³/mol. The molecule has 0 amide bonds. The lowest BCUT2D eigenvalue weighted by atomic mass is 10.0. The van der Waals surface area contributed by atoms with E-state index in [9.17, 15) is 4.79 Å². The monoisotopic (exact) mass is 280 g/mol. The van der Waals surface area contributed by atoms with Crippen LogP contribution >= 0.6 is 0 Å². The van der Waals surface area contributed by atoms with E-state index in [1.807, 2.05) is 18.2 Å². The maximum absolute atomic E-state index is 11.2. The number of benzene rings is 2. The van der Waals surface area contributed by atoms with Crippen molar-refractivity contribution in [2.75, 3.05) is 5.32 Å². The van der Waals surface area contributed by atoms with E-state index in [1.165, 1.54) is 24.0 Å². The summed E-state index contributed by atoms with van der Waals surface area (Å²) >= 11 is 0. The summed E-state index contributed by atoms with van der Waals surface area (Å²) in [5, 5.41) is 3.42. The Balaban J connectivity index is 1.56. The number of hydrogen-bond donors (Lipinski definition) is 2. The fourth-order valence-electron chi connectivity index (χ4n) is 2.75. The van der Waals surface area contributed by atoms with Gasteiger partial charge in [-0.25, -0.2) is 4.79 Å². The van der Waals surface area contributed by atoms with Crippen LogP contribution in [-0.2, 0) is 6.54 Å². The molecule has 1 heterocycles. The fraction of sp³-hybridized carbons (Fsp3) is 0.235. The van der Waals surface area contributed by atoms with Crippen LogP contribution in [0.15, 0.2) is 51.7 Å². The topological polar surface area (TPSA) is 58.0 Å². The third-order valence-electron chi connectivity index (χ3n) is 3.97. The average molecular weight is 280 g/mol. The Kier molecular flexibility index (Phi) is 2.81. The smallest absolute Gasteiger partial charge is 0.408 e. The lowest BCUT2D eigenvalue weighted by Gasteiger charge is -2.11. The van der Waals surface area contributed by atoms with E-state index in [4.69, 9.17) is 4.42 Å². The molecule has 4 rings (SSSR count). The van der Waals surface area contributed by atoms with Crippen LogP contribution in [0.5, 0.6) is 0 Å². The molecule has 21 heavy (non-hydrogen) atoms. The van der Waals surface area contributed by atoms with Gasteiger partial charge in [0.05, 0.1) is 5.52 Å². The van der Waals surface area contributed by atoms with Crippen molar-refractivity contribution in [3.05, 3.63) is 64.1 Å². The Hall–Kier alpha value is -2.49. The molecule has 106 valence electrons. The Morgan fingerprint density at radius 2 is 2.05 bits per heavy atom. The van der Waals surface area contributed by atoms with Gasteiger partial charge in [0.1, 0.15) is 0 Å². The van der Waals surface area contributed by atoms with E-state index in [2.05, 4.69) is 34.6 Å². The molecule has 0 bridgehead atoms. The van der Waals surface area contributed by atoms with Crippen molar-refractivity contribution in [1.29, 1.82) is 0 Å². The molecule has 1 aliphatic rings. The fourth-order valence-corrected chi connectivity index (χ4v) is 2.75. The van der Waals surface area contributed by atoms with Gasteiger partial charge in [0.15, 0.2) is 5.58 Å². The molecule has 1 aromatic heterocycles. The maximum atomic E-state index is 11.2. The van der Waals surface area contributed by atoms with Gasteiger partial charge in [-0.15, -0.1) is 0 Å². The SMILES string of the molecule is O=c1[nH]c2cc(NCc3ccccc3C3CC3)ccc2o1. The highest BCUT2D eigenvalue weighted by atomic mass is 16.4. The van der Waals surface area contributed by atoms with Crippen molar-refractivity contribution in [2.24, 2.45) is 0 Å². The largest absolute Gasteiger partial charge is 0.417 e. The number of nitrogens with one attached hydrogen (secondary N) is 2. The quantitative estimate of drug-likeness (QED) is 0.767. The molecule has 4 nitrogen and oxygen atoms in total. The molecular weight excluding hydrogens is 264 g/mol. The third-order valence-corrected chi connectivity index (χ3v) is 3.97. The summed E-state index contributed by atoms with van der Waals surface area (Å²) in [6.07, 6.45) is 2.61. The minimum Gasteiger partial charge on any atom is -0.408 e. The Labute approximate surface area is 121 Å². The average Bonchev–Trinajstić information content (AvgIpc) is 3.26. The van der Waals surface area contributed by atoms with E-state index in [0.717, 1.165) is 23.7 Å². The van der Waals surface area contributed by atoms with Gasteiger partial charge in [-0.3, -0.25) is 4.98 Å². The van der Waals surface area contributed by atoms with Crippen molar-refractivity contribution in [2.45, 2.75) is 25.3 Å². The molecule has 0 aliphatic heterocycles. The second-order valence-corrected chi connectivity index (χ2v) is 5.55. The van der Waals surface area contributed by atoms with E-state index >= 15 is 0 Å². The number of aromatic nitrogens is 1. The standard InChI is InChI=1S/C17H16N2O2/c20-17-19-15-9-13(7-8-16(15)21-17)18-10-12-3-1-2-4-14(12)11-5-6-11/h1-4,7-9,11,18H,5-6,10H2,(H,19,20). The highest BCUT2D eigenvalue weighted by Crippen LogP contribution is 2.41. The zero-order chi connectivity index (χ0) is 14.2. The van der Waals surface area contributed by atoms with Gasteiger partial charge in [-0.05, 0) is 48.1 Å². The van der Waals surface area contributed by atoms with E-state index in [0.29, 0.717) is 5.58 Å². The molecule has 1 saturated carbocycles. The number of aromatic amines is 1. The first kappa shape index (κ1) is 12.3. The van der Waals surface area contributed by atoms with Crippen LogP contribution in [0.3, 0.4) is 0 Å². The van der Waals surface area contributed by atoms with Crippen LogP contribution in [0, 0.1) is 0 Å². The molecule has 1 aliphatic carbocycles. The Morgan fingerprint density at radius 3 is 2.90 bits per heavy atom. The summed E-state index contributed by atoms with van der Waals surface area (Å²) in [4.78, 5) is 13.8. The van der Waals surface area contributed by atoms with Crippen molar-refractivity contribution in [1.82, 2.24) is 4.98 Å². The predicted octanol–water partition coefficient (Wildman–Crippen LogP) is 3.61. The number of oxazole rings is 1. The summed E-state index contributed by atoms with van der Waals surface area (Å²) in [5.74, 6) is 0.330. The first-order valence-electron chi connectivity index (χ1n) is 7.24. The number of rotatable bonds is 4. The zero-order valence-electron chi connectivity index (χ0n) is 11.6. The summed E-state index contributed by atoms with van der Waals surface area (Å²) in [7, 11) is 0. The number of fused-ring (bicyclic) bond motifs is 1. The molecule has 0 radical (unpaired) electrons. The molecule has 1 fully saturated rings. The van der Waals surface area contributed by atoms with Crippen molar-refractivity contribution >= 4 is 16.8 Å². The van der Waals surface area contributed by atoms with Gasteiger partial charge in [0.2, 0.25) is 0 Å². The van der Waals surface area contributed by atoms with Crippen molar-refractivity contribution in [3.8, 4) is 0 Å². The number of anilines is 1. The maximum Gasteiger partial charge on any atom is 0.417 e. The molecule has 0 spiro atoms. The van der Waals surface area contributed by atoms with Gasteiger partial charge in [0.25, 0.3) is 0 Å². The lowest BCUT2D eigenvalue weighted by Crippen LogP contribution is -2.02. The minimum absolute atomic E-state index is 0.416. The highest BCUT2D eigenvalue weighted by molar-refractivity contribution is 5.76. The number of H-pyrrole nitrogens is 1. The number of hydrogen-bond acceptors (Lipinski definition) is 3. The van der Waals surface area contributed by atoms with Crippen LogP contribution in [0.1, 0.15) is 29.9 Å². The molecular formula is C17H16N2O2. The lowest BCUT2D eigenvalue weighted by molar-refractivity contribution is 0.555. The van der Waals surface area contributed by atoms with Crippen LogP contribution in [0.4, 0.5) is 5.69 Å². The van der Waals surface area contributed by atoms with Gasteiger partial charge >= 0.3 is 5.76 Å². The zero-order valence-corrected chi connectivity index (χ0v) is 11.6. The second-order valence-electron chi connectivity index (χ2n) is 5.55. The molecule has 2 aromatic carbocycles. The minimum atomic E-state index is -0.416. The molecule has 3 aromatic rings. The van der Waals surface area contributed by atoms with Crippen molar-refractivity contribution < 1.29 is 4.42 Å². The van der Waals surface area contributed by atoms with Gasteiger partial charge in [-0.2, -0.15) is 0 Å². The van der Waals surface area contributed by atoms with Crippen LogP contribution < -0.4 is 11.1 Å². The van der Waals surface area contributed by atoms with Gasteiger partial charge < -0.3 is 9.73 Å². The second kappa shape index (κ2) is 4.81. The normalized spacial score (nSPS) is 14.5. The molecule has 2 N–H and O–H groups in total. The highest BCUT2D eigenvalue weighted by Gasteiger charge is 2.25. The third kappa shape index (κ3) is 2.44. The Bertz CT molecular complexity index is 843. The first-order chi connectivity index (χ1) is 10.3. The molecule has 0 saturated heterocycles. The van der Waals surface area contributed by atoms with Crippen LogP contribution in [-0.4, -0.2) is 4.98 Å². The first-order valence-corrected chi connectivity index (χ1v) is 7.24. The van der Waals surface area contributed by atoms with Crippen molar-refractivity contribution in [3.63, 3.8) is 0 Å². The van der Waals surface area contributed by atoms with E-state index in [1.54, 1.807) is 0 Å². The van der Waals surface area contributed by atoms with Crippen LogP contribution in [0.2, 0.25) is 0 Å². The van der Waals surface area contributed by atoms with E-state index in [-0.39, 0.29) is 0 Å². The summed E-state index contributed by atoms with van der Waals surface area (Å²) in [6, 6.07) is 14.2.